The molecule has 0 bridgehead atoms. The summed E-state index contributed by atoms with van der Waals surface area (Å²) >= 11 is 0. The topological polar surface area (TPSA) is 41.1 Å². The van der Waals surface area contributed by atoms with E-state index in [1.807, 2.05) is 13.0 Å². The van der Waals surface area contributed by atoms with E-state index in [0.717, 1.165) is 17.9 Å². The van der Waals surface area contributed by atoms with Crippen molar-refractivity contribution in [2.24, 2.45) is 0 Å². The Morgan fingerprint density at radius 2 is 2.19 bits per heavy atom. The van der Waals surface area contributed by atoms with Gasteiger partial charge in [0.2, 0.25) is 0 Å². The minimum atomic E-state index is 0.890. The molecule has 1 aliphatic rings. The van der Waals surface area contributed by atoms with Gasteiger partial charge in [-0.2, -0.15) is 5.10 Å². The number of nitrogens with one attached hydrogen (secondary N) is 1. The maximum Gasteiger partial charge on any atom is 0.148 e. The van der Waals surface area contributed by atoms with Gasteiger partial charge in [-0.1, -0.05) is 0 Å². The van der Waals surface area contributed by atoms with Gasteiger partial charge in [0.05, 0.1) is 6.20 Å². The molecule has 2 rings (SSSR count). The van der Waals surface area contributed by atoms with Crippen LogP contribution in [0.1, 0.15) is 24.8 Å². The second-order valence-electron chi connectivity index (χ2n) is 4.45. The van der Waals surface area contributed by atoms with Crippen LogP contribution in [0.15, 0.2) is 12.3 Å². The maximum atomic E-state index is 4.03. The number of aryl methyl sites for hydroxylation is 1. The summed E-state index contributed by atoms with van der Waals surface area (Å²) < 4.78 is 0. The highest BCUT2D eigenvalue weighted by Gasteiger charge is 2.09. The lowest BCUT2D eigenvalue weighted by molar-refractivity contribution is 0.337. The molecule has 1 aromatic rings. The smallest absolute Gasteiger partial charge is 0.148 e. The van der Waals surface area contributed by atoms with Gasteiger partial charge in [-0.05, 0) is 57.5 Å². The molecule has 0 aromatic carbocycles. The lowest BCUT2D eigenvalue weighted by Gasteiger charge is -2.14. The predicted octanol–water partition coefficient (Wildman–Crippen LogP) is 1.68. The quantitative estimate of drug-likeness (QED) is 0.767. The fraction of sp³-hybridized carbons (Fsp3) is 0.667. The summed E-state index contributed by atoms with van der Waals surface area (Å²) in [6, 6.07) is 2.03. The third-order valence-corrected chi connectivity index (χ3v) is 2.95. The Kier molecular flexibility index (Phi) is 4.10. The first-order chi connectivity index (χ1) is 7.84. The molecule has 1 aliphatic heterocycles. The molecule has 4 heteroatoms. The van der Waals surface area contributed by atoms with Crippen molar-refractivity contribution < 1.29 is 0 Å². The SMILES string of the molecule is Cc1cnnc(NCCCN2CCCC2)c1. The summed E-state index contributed by atoms with van der Waals surface area (Å²) in [5, 5.41) is 11.3. The fourth-order valence-corrected chi connectivity index (χ4v) is 2.08. The highest BCUT2D eigenvalue weighted by molar-refractivity contribution is 5.34. The zero-order valence-electron chi connectivity index (χ0n) is 9.95. The van der Waals surface area contributed by atoms with Gasteiger partial charge >= 0.3 is 0 Å². The van der Waals surface area contributed by atoms with Gasteiger partial charge in [0.25, 0.3) is 0 Å². The van der Waals surface area contributed by atoms with Gasteiger partial charge < -0.3 is 10.2 Å². The number of likely N-dealkylation sites (tertiary alicyclic amines) is 1. The molecule has 1 fully saturated rings. The van der Waals surface area contributed by atoms with Crippen molar-refractivity contribution in [1.29, 1.82) is 0 Å². The summed E-state index contributed by atoms with van der Waals surface area (Å²) in [7, 11) is 0. The molecular weight excluding hydrogens is 200 g/mol. The molecule has 0 atom stereocenters. The lowest BCUT2D eigenvalue weighted by atomic mass is 10.3. The summed E-state index contributed by atoms with van der Waals surface area (Å²) in [5.74, 6) is 0.890. The number of anilines is 1. The molecule has 1 N–H and O–H groups in total. The summed E-state index contributed by atoms with van der Waals surface area (Å²) in [6.45, 7) is 6.78. The first kappa shape index (κ1) is 11.3. The molecule has 88 valence electrons. The number of rotatable bonds is 5. The molecule has 0 aliphatic carbocycles. The normalized spacial score (nSPS) is 16.6. The van der Waals surface area contributed by atoms with Crippen molar-refractivity contribution in [2.45, 2.75) is 26.2 Å². The van der Waals surface area contributed by atoms with E-state index in [9.17, 15) is 0 Å². The average Bonchev–Trinajstić information content (AvgIpc) is 2.77. The molecule has 0 amide bonds. The minimum absolute atomic E-state index is 0.890. The molecule has 0 unspecified atom stereocenters. The molecule has 0 spiro atoms. The summed E-state index contributed by atoms with van der Waals surface area (Å²) in [6.07, 6.45) is 5.69. The third-order valence-electron chi connectivity index (χ3n) is 2.95. The number of nitrogens with zero attached hydrogens (tertiary/aromatic N) is 3. The number of hydrogen-bond donors (Lipinski definition) is 1. The van der Waals surface area contributed by atoms with E-state index >= 15 is 0 Å². The Morgan fingerprint density at radius 1 is 1.38 bits per heavy atom. The first-order valence-corrected chi connectivity index (χ1v) is 6.10. The fourth-order valence-electron chi connectivity index (χ4n) is 2.08. The largest absolute Gasteiger partial charge is 0.369 e. The highest BCUT2D eigenvalue weighted by atomic mass is 15.2. The van der Waals surface area contributed by atoms with Crippen LogP contribution in [-0.2, 0) is 0 Å². The summed E-state index contributed by atoms with van der Waals surface area (Å²) in [5.41, 5.74) is 1.15. The minimum Gasteiger partial charge on any atom is -0.369 e. The predicted molar refractivity (Wildman–Crippen MR) is 65.5 cm³/mol. The Bertz CT molecular complexity index is 321. The Balaban J connectivity index is 1.64. The van der Waals surface area contributed by atoms with Crippen LogP contribution in [0.2, 0.25) is 0 Å². The van der Waals surface area contributed by atoms with Gasteiger partial charge in [-0.25, -0.2) is 0 Å². The monoisotopic (exact) mass is 220 g/mol. The number of aromatic nitrogens is 2. The van der Waals surface area contributed by atoms with Crippen LogP contribution in [0.3, 0.4) is 0 Å². The standard InChI is InChI=1S/C12H20N4/c1-11-9-12(15-14-10-11)13-5-4-8-16-6-2-3-7-16/h9-10H,2-8H2,1H3,(H,13,15). The van der Waals surface area contributed by atoms with E-state index in [4.69, 9.17) is 0 Å². The Morgan fingerprint density at radius 3 is 2.94 bits per heavy atom. The van der Waals surface area contributed by atoms with E-state index < -0.39 is 0 Å². The highest BCUT2D eigenvalue weighted by Crippen LogP contribution is 2.08. The van der Waals surface area contributed by atoms with Crippen LogP contribution in [0.25, 0.3) is 0 Å². The van der Waals surface area contributed by atoms with Crippen LogP contribution in [0.5, 0.6) is 0 Å². The van der Waals surface area contributed by atoms with Crippen molar-refractivity contribution in [3.8, 4) is 0 Å². The van der Waals surface area contributed by atoms with Gasteiger partial charge in [-0.15, -0.1) is 5.10 Å². The molecule has 2 heterocycles. The van der Waals surface area contributed by atoms with Crippen LogP contribution < -0.4 is 5.32 Å². The number of hydrogen-bond acceptors (Lipinski definition) is 4. The van der Waals surface area contributed by atoms with E-state index in [0.29, 0.717) is 0 Å². The van der Waals surface area contributed by atoms with Crippen molar-refractivity contribution in [2.75, 3.05) is 31.5 Å². The molecule has 0 radical (unpaired) electrons. The zero-order valence-corrected chi connectivity index (χ0v) is 9.95. The second kappa shape index (κ2) is 5.80. The molecule has 0 saturated carbocycles. The van der Waals surface area contributed by atoms with Crippen LogP contribution in [0.4, 0.5) is 5.82 Å². The maximum absolute atomic E-state index is 4.03. The van der Waals surface area contributed by atoms with Crippen molar-refractivity contribution >= 4 is 5.82 Å². The van der Waals surface area contributed by atoms with E-state index in [1.54, 1.807) is 6.20 Å². The van der Waals surface area contributed by atoms with Gasteiger partial charge in [0.1, 0.15) is 5.82 Å². The molecule has 1 aromatic heterocycles. The van der Waals surface area contributed by atoms with Crippen LogP contribution >= 0.6 is 0 Å². The molecule has 4 nitrogen and oxygen atoms in total. The second-order valence-corrected chi connectivity index (χ2v) is 4.45. The van der Waals surface area contributed by atoms with E-state index in [1.165, 1.54) is 38.9 Å². The molecule has 1 saturated heterocycles. The molecular formula is C12H20N4. The van der Waals surface area contributed by atoms with Crippen molar-refractivity contribution in [1.82, 2.24) is 15.1 Å². The lowest BCUT2D eigenvalue weighted by Crippen LogP contribution is -2.22. The Hall–Kier alpha value is -1.16. The van der Waals surface area contributed by atoms with E-state index in [-0.39, 0.29) is 0 Å². The van der Waals surface area contributed by atoms with Gasteiger partial charge in [0.15, 0.2) is 0 Å². The zero-order chi connectivity index (χ0) is 11.2. The average molecular weight is 220 g/mol. The third kappa shape index (κ3) is 3.45. The van der Waals surface area contributed by atoms with Crippen LogP contribution in [0, 0.1) is 6.92 Å². The summed E-state index contributed by atoms with van der Waals surface area (Å²) in [4.78, 5) is 2.53. The van der Waals surface area contributed by atoms with Gasteiger partial charge in [0, 0.05) is 6.54 Å². The van der Waals surface area contributed by atoms with Crippen LogP contribution in [-0.4, -0.2) is 41.3 Å². The van der Waals surface area contributed by atoms with E-state index in [2.05, 4.69) is 20.4 Å². The van der Waals surface area contributed by atoms with Crippen molar-refractivity contribution in [3.63, 3.8) is 0 Å². The van der Waals surface area contributed by atoms with Crippen molar-refractivity contribution in [3.05, 3.63) is 17.8 Å². The molecule has 16 heavy (non-hydrogen) atoms. The van der Waals surface area contributed by atoms with Gasteiger partial charge in [-0.3, -0.25) is 0 Å². The Labute approximate surface area is 97.1 Å². The first-order valence-electron chi connectivity index (χ1n) is 6.10.